The predicted molar refractivity (Wildman–Crippen MR) is 84.5 cm³/mol. The number of anilines is 1. The van der Waals surface area contributed by atoms with Crippen molar-refractivity contribution in [3.05, 3.63) is 72.3 Å². The van der Waals surface area contributed by atoms with Gasteiger partial charge in [0.2, 0.25) is 0 Å². The summed E-state index contributed by atoms with van der Waals surface area (Å²) in [7, 11) is 0. The van der Waals surface area contributed by atoms with Crippen molar-refractivity contribution in [1.29, 1.82) is 0 Å². The molecule has 0 aliphatic carbocycles. The molecule has 1 aliphatic heterocycles. The van der Waals surface area contributed by atoms with E-state index in [1.807, 2.05) is 43.3 Å². The van der Waals surface area contributed by atoms with Crippen molar-refractivity contribution in [3.8, 4) is 5.75 Å². The van der Waals surface area contributed by atoms with Crippen LogP contribution in [0.1, 0.15) is 18.5 Å². The smallest absolute Gasteiger partial charge is 0.331 e. The number of hydrogen-bond acceptors (Lipinski definition) is 4. The van der Waals surface area contributed by atoms with Gasteiger partial charge in [-0.2, -0.15) is 0 Å². The van der Waals surface area contributed by atoms with Gasteiger partial charge in [-0.3, -0.25) is 0 Å². The van der Waals surface area contributed by atoms with Crippen molar-refractivity contribution in [1.82, 2.24) is 0 Å². The highest BCUT2D eigenvalue weighted by molar-refractivity contribution is 5.85. The number of carbonyl (C=O) groups excluding carboxylic acids is 1. The molecule has 0 amide bonds. The lowest BCUT2D eigenvalue weighted by molar-refractivity contribution is -0.145. The lowest BCUT2D eigenvalue weighted by atomic mass is 9.90. The highest BCUT2D eigenvalue weighted by Gasteiger charge is 2.40. The SMILES string of the molecule is C[C@]1([C@H](Nc2ccccc2O)c2ccccc2)C=CC(=O)O1. The molecule has 2 atom stereocenters. The van der Waals surface area contributed by atoms with E-state index in [1.165, 1.54) is 6.08 Å². The average Bonchev–Trinajstić information content (AvgIpc) is 2.87. The van der Waals surface area contributed by atoms with E-state index >= 15 is 0 Å². The molecule has 2 aromatic carbocycles. The Hall–Kier alpha value is -2.75. The van der Waals surface area contributed by atoms with E-state index in [4.69, 9.17) is 4.74 Å². The van der Waals surface area contributed by atoms with Gasteiger partial charge in [0.15, 0.2) is 5.60 Å². The number of esters is 1. The van der Waals surface area contributed by atoms with Crippen LogP contribution in [-0.2, 0) is 9.53 Å². The Bertz CT molecular complexity index is 711. The van der Waals surface area contributed by atoms with Crippen LogP contribution >= 0.6 is 0 Å². The van der Waals surface area contributed by atoms with Gasteiger partial charge in [-0.1, -0.05) is 42.5 Å². The van der Waals surface area contributed by atoms with Crippen LogP contribution in [0.25, 0.3) is 0 Å². The number of rotatable bonds is 4. The summed E-state index contributed by atoms with van der Waals surface area (Å²) in [6.45, 7) is 1.85. The highest BCUT2D eigenvalue weighted by Crippen LogP contribution is 2.38. The quantitative estimate of drug-likeness (QED) is 0.670. The van der Waals surface area contributed by atoms with E-state index in [0.717, 1.165) is 5.56 Å². The molecule has 4 heteroatoms. The van der Waals surface area contributed by atoms with E-state index in [-0.39, 0.29) is 17.8 Å². The van der Waals surface area contributed by atoms with Crippen molar-refractivity contribution in [2.75, 3.05) is 5.32 Å². The van der Waals surface area contributed by atoms with Crippen molar-refractivity contribution in [3.63, 3.8) is 0 Å². The Labute approximate surface area is 129 Å². The number of phenols is 1. The van der Waals surface area contributed by atoms with Crippen molar-refractivity contribution in [2.24, 2.45) is 0 Å². The van der Waals surface area contributed by atoms with E-state index in [0.29, 0.717) is 5.69 Å². The molecule has 2 aromatic rings. The zero-order chi connectivity index (χ0) is 15.6. The molecule has 0 saturated heterocycles. The standard InChI is InChI=1S/C18H17NO3/c1-18(12-11-16(21)22-18)17(13-7-3-2-4-8-13)19-14-9-5-6-10-15(14)20/h2-12,17,19-20H,1H3/t17-,18-/m1/s1. The van der Waals surface area contributed by atoms with Gasteiger partial charge in [0.1, 0.15) is 5.75 Å². The maximum atomic E-state index is 11.5. The fraction of sp³-hybridized carbons (Fsp3) is 0.167. The van der Waals surface area contributed by atoms with Crippen LogP contribution in [0.2, 0.25) is 0 Å². The first-order valence-electron chi connectivity index (χ1n) is 7.10. The number of benzene rings is 2. The fourth-order valence-electron chi connectivity index (χ4n) is 2.63. The normalized spacial score (nSPS) is 21.4. The second kappa shape index (κ2) is 5.56. The van der Waals surface area contributed by atoms with E-state index in [1.54, 1.807) is 24.3 Å². The van der Waals surface area contributed by atoms with E-state index < -0.39 is 5.60 Å². The van der Waals surface area contributed by atoms with E-state index in [9.17, 15) is 9.90 Å². The van der Waals surface area contributed by atoms with Crippen LogP contribution in [0.15, 0.2) is 66.7 Å². The minimum atomic E-state index is -0.819. The van der Waals surface area contributed by atoms with Crippen LogP contribution in [0.4, 0.5) is 5.69 Å². The maximum Gasteiger partial charge on any atom is 0.331 e. The lowest BCUT2D eigenvalue weighted by Gasteiger charge is -2.33. The predicted octanol–water partition coefficient (Wildman–Crippen LogP) is 3.42. The Morgan fingerprint density at radius 1 is 1.09 bits per heavy atom. The number of ether oxygens (including phenoxy) is 1. The van der Waals surface area contributed by atoms with Gasteiger partial charge < -0.3 is 15.2 Å². The lowest BCUT2D eigenvalue weighted by Crippen LogP contribution is -2.37. The Morgan fingerprint density at radius 3 is 2.41 bits per heavy atom. The topological polar surface area (TPSA) is 58.6 Å². The minimum Gasteiger partial charge on any atom is -0.506 e. The summed E-state index contributed by atoms with van der Waals surface area (Å²) in [5.74, 6) is -0.206. The van der Waals surface area contributed by atoms with Gasteiger partial charge >= 0.3 is 5.97 Å². The third-order valence-electron chi connectivity index (χ3n) is 3.78. The largest absolute Gasteiger partial charge is 0.506 e. The molecule has 0 unspecified atom stereocenters. The number of hydrogen-bond donors (Lipinski definition) is 2. The number of aromatic hydroxyl groups is 1. The maximum absolute atomic E-state index is 11.5. The summed E-state index contributed by atoms with van der Waals surface area (Å²) >= 11 is 0. The minimum absolute atomic E-state index is 0.153. The molecular formula is C18H17NO3. The first-order valence-corrected chi connectivity index (χ1v) is 7.10. The van der Waals surface area contributed by atoms with Crippen LogP contribution in [-0.4, -0.2) is 16.7 Å². The van der Waals surface area contributed by atoms with Crippen LogP contribution in [0.3, 0.4) is 0 Å². The number of nitrogens with one attached hydrogen (secondary N) is 1. The van der Waals surface area contributed by atoms with Crippen molar-refractivity contribution < 1.29 is 14.6 Å². The van der Waals surface area contributed by atoms with Gasteiger partial charge in [-0.05, 0) is 30.7 Å². The molecule has 1 heterocycles. The highest BCUT2D eigenvalue weighted by atomic mass is 16.6. The van der Waals surface area contributed by atoms with Crippen molar-refractivity contribution >= 4 is 11.7 Å². The van der Waals surface area contributed by atoms with Crippen molar-refractivity contribution in [2.45, 2.75) is 18.6 Å². The molecule has 112 valence electrons. The Balaban J connectivity index is 1.99. The molecule has 3 rings (SSSR count). The molecule has 4 nitrogen and oxygen atoms in total. The second-order valence-electron chi connectivity index (χ2n) is 5.44. The summed E-state index contributed by atoms with van der Waals surface area (Å²) in [6.07, 6.45) is 3.18. The Kier molecular flexibility index (Phi) is 3.59. The first-order chi connectivity index (χ1) is 10.6. The zero-order valence-electron chi connectivity index (χ0n) is 12.2. The molecule has 1 aliphatic rings. The van der Waals surface area contributed by atoms with Gasteiger partial charge in [0.25, 0.3) is 0 Å². The summed E-state index contributed by atoms with van der Waals surface area (Å²) in [4.78, 5) is 11.5. The van der Waals surface area contributed by atoms with Gasteiger partial charge in [-0.25, -0.2) is 4.79 Å². The van der Waals surface area contributed by atoms with Gasteiger partial charge in [0, 0.05) is 6.08 Å². The average molecular weight is 295 g/mol. The van der Waals surface area contributed by atoms with Crippen LogP contribution in [0.5, 0.6) is 5.75 Å². The number of phenolic OH excluding ortho intramolecular Hbond substituents is 1. The van der Waals surface area contributed by atoms with Gasteiger partial charge in [-0.15, -0.1) is 0 Å². The van der Waals surface area contributed by atoms with Crippen LogP contribution < -0.4 is 5.32 Å². The molecule has 0 spiro atoms. The molecule has 0 aromatic heterocycles. The molecule has 22 heavy (non-hydrogen) atoms. The summed E-state index contributed by atoms with van der Waals surface area (Å²) in [6, 6.07) is 16.4. The summed E-state index contributed by atoms with van der Waals surface area (Å²) < 4.78 is 5.48. The molecular weight excluding hydrogens is 278 g/mol. The second-order valence-corrected chi connectivity index (χ2v) is 5.44. The molecule has 2 N–H and O–H groups in total. The zero-order valence-corrected chi connectivity index (χ0v) is 12.2. The summed E-state index contributed by atoms with van der Waals surface area (Å²) in [5.41, 5.74) is 0.738. The Morgan fingerprint density at radius 2 is 1.77 bits per heavy atom. The van der Waals surface area contributed by atoms with E-state index in [2.05, 4.69) is 5.32 Å². The summed E-state index contributed by atoms with van der Waals surface area (Å²) in [5, 5.41) is 13.3. The first kappa shape index (κ1) is 14.2. The fourth-order valence-corrected chi connectivity index (χ4v) is 2.63. The van der Waals surface area contributed by atoms with Gasteiger partial charge in [0.05, 0.1) is 11.7 Å². The number of carbonyl (C=O) groups is 1. The molecule has 0 bridgehead atoms. The molecule has 0 saturated carbocycles. The van der Waals surface area contributed by atoms with Crippen LogP contribution in [0, 0.1) is 0 Å². The molecule has 0 fully saturated rings. The molecule has 0 radical (unpaired) electrons. The number of para-hydroxylation sites is 2. The third-order valence-corrected chi connectivity index (χ3v) is 3.78. The third kappa shape index (κ3) is 2.68. The number of cyclic esters (lactones) is 1. The monoisotopic (exact) mass is 295 g/mol.